The Hall–Kier alpha value is -5.70. The van der Waals surface area contributed by atoms with E-state index < -0.39 is 0 Å². The van der Waals surface area contributed by atoms with E-state index >= 15 is 0 Å². The Morgan fingerprint density at radius 2 is 1.26 bits per heavy atom. The zero-order valence-electron chi connectivity index (χ0n) is 33.1. The van der Waals surface area contributed by atoms with E-state index in [-0.39, 0.29) is 17.6 Å². The van der Waals surface area contributed by atoms with Crippen molar-refractivity contribution in [1.29, 1.82) is 0 Å². The van der Waals surface area contributed by atoms with Crippen LogP contribution in [-0.2, 0) is 5.41 Å². The number of hydrogen-bond acceptors (Lipinski definition) is 2. The number of allylic oxidation sites excluding steroid dienone is 11. The number of anilines is 1. The van der Waals surface area contributed by atoms with Gasteiger partial charge in [0, 0.05) is 17.1 Å². The summed E-state index contributed by atoms with van der Waals surface area (Å²) in [5.74, 6) is 2.29. The highest BCUT2D eigenvalue weighted by Crippen LogP contribution is 2.67. The Morgan fingerprint density at radius 1 is 0.632 bits per heavy atom. The van der Waals surface area contributed by atoms with Gasteiger partial charge in [-0.2, -0.15) is 0 Å². The van der Waals surface area contributed by atoms with Crippen LogP contribution in [0.3, 0.4) is 0 Å². The molecule has 7 atom stereocenters. The molecule has 5 aliphatic rings. The van der Waals surface area contributed by atoms with Gasteiger partial charge in [0.05, 0.1) is 0 Å². The number of benzene rings is 5. The maximum Gasteiger partial charge on any atom is 0.100 e. The third-order valence-corrected chi connectivity index (χ3v) is 13.9. The lowest BCUT2D eigenvalue weighted by atomic mass is 9.63. The topological polar surface area (TPSA) is 24.1 Å². The molecule has 2 nitrogen and oxygen atoms in total. The number of nitrogens with one attached hydrogen (secondary N) is 2. The van der Waals surface area contributed by atoms with Gasteiger partial charge in [0.15, 0.2) is 0 Å². The summed E-state index contributed by atoms with van der Waals surface area (Å²) >= 11 is 0. The molecule has 0 amide bonds. The van der Waals surface area contributed by atoms with Gasteiger partial charge in [-0.1, -0.05) is 190 Å². The molecule has 5 aliphatic carbocycles. The second-order valence-corrected chi connectivity index (χ2v) is 16.8. The Labute approximate surface area is 339 Å². The first-order chi connectivity index (χ1) is 28.1. The van der Waals surface area contributed by atoms with Crippen molar-refractivity contribution in [2.24, 2.45) is 29.6 Å². The van der Waals surface area contributed by atoms with Crippen molar-refractivity contribution in [2.45, 2.75) is 50.7 Å². The van der Waals surface area contributed by atoms with Crippen molar-refractivity contribution in [3.8, 4) is 22.3 Å². The first-order valence-corrected chi connectivity index (χ1v) is 21.2. The first kappa shape index (κ1) is 35.7. The zero-order chi connectivity index (χ0) is 38.3. The third kappa shape index (κ3) is 6.05. The summed E-state index contributed by atoms with van der Waals surface area (Å²) < 4.78 is 0. The average molecular weight is 741 g/mol. The summed E-state index contributed by atoms with van der Waals surface area (Å²) in [7, 11) is 0. The van der Waals surface area contributed by atoms with Crippen LogP contribution in [0, 0.1) is 29.6 Å². The van der Waals surface area contributed by atoms with Gasteiger partial charge in [0.1, 0.15) is 6.17 Å². The summed E-state index contributed by atoms with van der Waals surface area (Å²) in [6.45, 7) is 4.67. The van der Waals surface area contributed by atoms with E-state index in [1.165, 1.54) is 55.7 Å². The molecule has 282 valence electrons. The molecule has 0 heterocycles. The van der Waals surface area contributed by atoms with Crippen LogP contribution < -0.4 is 10.6 Å². The van der Waals surface area contributed by atoms with Gasteiger partial charge in [-0.3, -0.25) is 5.32 Å². The van der Waals surface area contributed by atoms with Crippen molar-refractivity contribution in [1.82, 2.24) is 5.32 Å². The summed E-state index contributed by atoms with van der Waals surface area (Å²) in [6.07, 6.45) is 26.8. The van der Waals surface area contributed by atoms with E-state index in [0.717, 1.165) is 24.9 Å². The van der Waals surface area contributed by atoms with Gasteiger partial charge in [-0.15, -0.1) is 0 Å². The fraction of sp³-hybridized carbons (Fsp3) is 0.236. The van der Waals surface area contributed by atoms with Crippen LogP contribution in [-0.4, -0.2) is 6.17 Å². The Morgan fingerprint density at radius 3 is 1.98 bits per heavy atom. The Bertz CT molecular complexity index is 2410. The molecule has 1 saturated carbocycles. The highest BCUT2D eigenvalue weighted by Gasteiger charge is 2.62. The minimum absolute atomic E-state index is 0.0469. The Balaban J connectivity index is 1.01. The van der Waals surface area contributed by atoms with Gasteiger partial charge in [0.25, 0.3) is 0 Å². The smallest absolute Gasteiger partial charge is 0.100 e. The van der Waals surface area contributed by atoms with Crippen molar-refractivity contribution in [3.05, 3.63) is 216 Å². The van der Waals surface area contributed by atoms with Crippen molar-refractivity contribution >= 4 is 11.3 Å². The minimum Gasteiger partial charge on any atom is -0.366 e. The largest absolute Gasteiger partial charge is 0.366 e. The van der Waals surface area contributed by atoms with E-state index in [0.29, 0.717) is 29.6 Å². The molecule has 5 aromatic rings. The van der Waals surface area contributed by atoms with Crippen molar-refractivity contribution < 1.29 is 0 Å². The fourth-order valence-electron chi connectivity index (χ4n) is 11.1. The molecule has 0 aromatic heterocycles. The van der Waals surface area contributed by atoms with E-state index in [2.05, 4.69) is 213 Å². The zero-order valence-corrected chi connectivity index (χ0v) is 33.1. The van der Waals surface area contributed by atoms with Crippen LogP contribution >= 0.6 is 0 Å². The standard InChI is InChI=1S/C55H52N2/c1-3-37(2)53(40-20-8-5-9-21-40)57-54(47-26-11-10-22-43(47)39-18-6-4-7-19-39)56-42-33-30-38(31-34-42)41-32-35-52-48(36-41)46-25-14-17-29-51(46)55(52)49-27-15-12-23-44(49)45-24-13-16-28-50(45)55/h4-10,12-25,27-37,44-45,49-50,53-54,56-57H,3,11,26H2,1-2H3. The molecule has 1 spiro atoms. The minimum atomic E-state index is -0.0768. The first-order valence-electron chi connectivity index (χ1n) is 21.2. The van der Waals surface area contributed by atoms with Crippen molar-refractivity contribution in [3.63, 3.8) is 0 Å². The molecule has 0 bridgehead atoms. The van der Waals surface area contributed by atoms with Crippen LogP contribution in [0.15, 0.2) is 194 Å². The monoisotopic (exact) mass is 740 g/mol. The van der Waals surface area contributed by atoms with Gasteiger partial charge in [0.2, 0.25) is 0 Å². The van der Waals surface area contributed by atoms with Crippen LogP contribution in [0.5, 0.6) is 0 Å². The summed E-state index contributed by atoms with van der Waals surface area (Å²) in [5, 5.41) is 8.19. The number of rotatable bonds is 10. The molecule has 0 radical (unpaired) electrons. The SMILES string of the molecule is CCC(C)C(NC(Nc1ccc(-c2ccc3c(c2)-c2ccccc2C32C3C=CC=CC3C3C=CC=CC32)cc1)C1=C(c2ccccc2)C=CCC1)c1ccccc1. The van der Waals surface area contributed by atoms with Gasteiger partial charge < -0.3 is 5.32 Å². The number of fused-ring (bicyclic) bond motifs is 10. The van der Waals surface area contributed by atoms with Crippen LogP contribution in [0.2, 0.25) is 0 Å². The second kappa shape index (κ2) is 15.0. The quantitative estimate of drug-likeness (QED) is 0.139. The lowest BCUT2D eigenvalue weighted by molar-refractivity contribution is 0.359. The van der Waals surface area contributed by atoms with Gasteiger partial charge in [-0.25, -0.2) is 0 Å². The summed E-state index contributed by atoms with van der Waals surface area (Å²) in [5.41, 5.74) is 14.6. The van der Waals surface area contributed by atoms with E-state index in [1.807, 2.05) is 0 Å². The normalized spacial score (nSPS) is 25.2. The van der Waals surface area contributed by atoms with Crippen molar-refractivity contribution in [2.75, 3.05) is 5.32 Å². The molecule has 5 aromatic carbocycles. The summed E-state index contributed by atoms with van der Waals surface area (Å²) in [6, 6.07) is 47.8. The average Bonchev–Trinajstić information content (AvgIpc) is 3.75. The highest BCUT2D eigenvalue weighted by atomic mass is 15.1. The molecule has 57 heavy (non-hydrogen) atoms. The molecule has 7 unspecified atom stereocenters. The van der Waals surface area contributed by atoms with Gasteiger partial charge >= 0.3 is 0 Å². The highest BCUT2D eigenvalue weighted by molar-refractivity contribution is 5.86. The summed E-state index contributed by atoms with van der Waals surface area (Å²) in [4.78, 5) is 0. The Kier molecular flexibility index (Phi) is 9.39. The van der Waals surface area contributed by atoms with E-state index in [1.54, 1.807) is 0 Å². The third-order valence-electron chi connectivity index (χ3n) is 13.9. The molecule has 10 rings (SSSR count). The fourth-order valence-corrected chi connectivity index (χ4v) is 11.1. The van der Waals surface area contributed by atoms with E-state index in [9.17, 15) is 0 Å². The van der Waals surface area contributed by atoms with Crippen LogP contribution in [0.25, 0.3) is 27.8 Å². The maximum absolute atomic E-state index is 4.17. The predicted octanol–water partition coefficient (Wildman–Crippen LogP) is 13.3. The lowest BCUT2D eigenvalue weighted by Crippen LogP contribution is -2.43. The van der Waals surface area contributed by atoms with Crippen LogP contribution in [0.1, 0.15) is 61.4 Å². The number of hydrogen-bond donors (Lipinski definition) is 2. The van der Waals surface area contributed by atoms with Crippen LogP contribution in [0.4, 0.5) is 5.69 Å². The molecule has 2 heteroatoms. The molecular formula is C55H52N2. The molecule has 1 fully saturated rings. The van der Waals surface area contributed by atoms with E-state index in [4.69, 9.17) is 0 Å². The molecule has 2 N–H and O–H groups in total. The lowest BCUT2D eigenvalue weighted by Gasteiger charge is -2.39. The molecular weight excluding hydrogens is 689 g/mol. The maximum atomic E-state index is 4.17. The van der Waals surface area contributed by atoms with Gasteiger partial charge in [-0.05, 0) is 116 Å². The molecule has 0 aliphatic heterocycles. The second-order valence-electron chi connectivity index (χ2n) is 16.8. The molecule has 0 saturated heterocycles. The predicted molar refractivity (Wildman–Crippen MR) is 240 cm³/mol.